The molecule has 166 valence electrons. The second-order valence-corrected chi connectivity index (χ2v) is 10.5. The molecule has 1 fully saturated rings. The van der Waals surface area contributed by atoms with Gasteiger partial charge in [-0.25, -0.2) is 12.7 Å². The van der Waals surface area contributed by atoms with Gasteiger partial charge in [0.2, 0.25) is 16.8 Å². The molecule has 2 aromatic rings. The molecule has 0 N–H and O–H groups in total. The number of amides is 1. The summed E-state index contributed by atoms with van der Waals surface area (Å²) in [6.45, 7) is 0.594. The van der Waals surface area contributed by atoms with Crippen LogP contribution in [0.3, 0.4) is 0 Å². The lowest BCUT2D eigenvalue weighted by Crippen LogP contribution is -2.38. The lowest BCUT2D eigenvalue weighted by atomic mass is 10.1. The minimum Gasteiger partial charge on any atom is -0.454 e. The number of fused-ring (bicyclic) bond motifs is 1. The van der Waals surface area contributed by atoms with E-state index in [-0.39, 0.29) is 28.7 Å². The SMILES string of the molecule is CN(C)S(=O)(=O)c1cc(C(=O)N(Cc2ccc3c(c2)OCO3)C2CCCC2)ccc1Cl. The van der Waals surface area contributed by atoms with Crippen LogP contribution < -0.4 is 9.47 Å². The van der Waals surface area contributed by atoms with Crippen LogP contribution in [0.5, 0.6) is 11.5 Å². The molecule has 0 saturated heterocycles. The van der Waals surface area contributed by atoms with E-state index in [0.717, 1.165) is 35.6 Å². The quantitative estimate of drug-likeness (QED) is 0.648. The van der Waals surface area contributed by atoms with E-state index in [1.54, 1.807) is 6.07 Å². The Labute approximate surface area is 187 Å². The molecule has 0 spiro atoms. The molecule has 1 saturated carbocycles. The fraction of sp³-hybridized carbons (Fsp3) is 0.409. The van der Waals surface area contributed by atoms with Crippen molar-refractivity contribution in [3.8, 4) is 11.5 Å². The van der Waals surface area contributed by atoms with E-state index in [9.17, 15) is 13.2 Å². The predicted octanol–water partition coefficient (Wildman–Crippen LogP) is 3.90. The largest absolute Gasteiger partial charge is 0.454 e. The van der Waals surface area contributed by atoms with E-state index in [2.05, 4.69) is 0 Å². The summed E-state index contributed by atoms with van der Waals surface area (Å²) in [7, 11) is -0.904. The van der Waals surface area contributed by atoms with Gasteiger partial charge in [0.05, 0.1) is 5.02 Å². The zero-order chi connectivity index (χ0) is 22.2. The van der Waals surface area contributed by atoms with Crippen molar-refractivity contribution in [3.05, 3.63) is 52.5 Å². The molecule has 0 bridgehead atoms. The summed E-state index contributed by atoms with van der Waals surface area (Å²) in [4.78, 5) is 15.3. The summed E-state index contributed by atoms with van der Waals surface area (Å²) in [5.41, 5.74) is 1.23. The van der Waals surface area contributed by atoms with E-state index in [4.69, 9.17) is 21.1 Å². The minimum atomic E-state index is -3.77. The van der Waals surface area contributed by atoms with Crippen molar-refractivity contribution in [1.29, 1.82) is 0 Å². The summed E-state index contributed by atoms with van der Waals surface area (Å²) < 4.78 is 37.2. The first-order valence-corrected chi connectivity index (χ1v) is 12.0. The molecule has 1 aliphatic heterocycles. The van der Waals surface area contributed by atoms with E-state index in [1.165, 1.54) is 26.2 Å². The highest BCUT2D eigenvalue weighted by Crippen LogP contribution is 2.34. The highest BCUT2D eigenvalue weighted by Gasteiger charge is 2.30. The van der Waals surface area contributed by atoms with E-state index >= 15 is 0 Å². The fourth-order valence-electron chi connectivity index (χ4n) is 4.02. The van der Waals surface area contributed by atoms with Gasteiger partial charge in [-0.2, -0.15) is 0 Å². The molecule has 0 aromatic heterocycles. The first-order chi connectivity index (χ1) is 14.8. The Morgan fingerprint density at radius 3 is 2.48 bits per heavy atom. The Kier molecular flexibility index (Phi) is 6.14. The van der Waals surface area contributed by atoms with Crippen molar-refractivity contribution in [2.24, 2.45) is 0 Å². The molecule has 4 rings (SSSR count). The number of nitrogens with zero attached hydrogens (tertiary/aromatic N) is 2. The third kappa shape index (κ3) is 4.37. The second kappa shape index (κ2) is 8.68. The summed E-state index contributed by atoms with van der Waals surface area (Å²) >= 11 is 6.16. The Morgan fingerprint density at radius 1 is 1.06 bits per heavy atom. The smallest absolute Gasteiger partial charge is 0.254 e. The molecular formula is C22H25ClN2O5S. The maximum atomic E-state index is 13.5. The highest BCUT2D eigenvalue weighted by molar-refractivity contribution is 7.89. The van der Waals surface area contributed by atoms with E-state index < -0.39 is 10.0 Å². The Bertz CT molecular complexity index is 1100. The van der Waals surface area contributed by atoms with Gasteiger partial charge in [0.25, 0.3) is 5.91 Å². The number of hydrogen-bond donors (Lipinski definition) is 0. The summed E-state index contributed by atoms with van der Waals surface area (Å²) in [6, 6.07) is 10.2. The van der Waals surface area contributed by atoms with Crippen LogP contribution in [0.15, 0.2) is 41.3 Å². The maximum absolute atomic E-state index is 13.5. The van der Waals surface area contributed by atoms with Gasteiger partial charge in [0.15, 0.2) is 11.5 Å². The first kappa shape index (κ1) is 21.9. The average Bonchev–Trinajstić information content (AvgIpc) is 3.43. The molecule has 1 aliphatic carbocycles. The van der Waals surface area contributed by atoms with Crippen LogP contribution in [0.1, 0.15) is 41.6 Å². The number of sulfonamides is 1. The van der Waals surface area contributed by atoms with Gasteiger partial charge in [-0.05, 0) is 48.7 Å². The lowest BCUT2D eigenvalue weighted by molar-refractivity contribution is 0.0664. The summed E-state index contributed by atoms with van der Waals surface area (Å²) in [5, 5.41) is 0.0911. The molecule has 7 nitrogen and oxygen atoms in total. The number of carbonyl (C=O) groups is 1. The van der Waals surface area contributed by atoms with Crippen LogP contribution in [0.4, 0.5) is 0 Å². The van der Waals surface area contributed by atoms with Gasteiger partial charge < -0.3 is 14.4 Å². The first-order valence-electron chi connectivity index (χ1n) is 10.2. The summed E-state index contributed by atoms with van der Waals surface area (Å²) in [5.74, 6) is 1.15. The van der Waals surface area contributed by atoms with Crippen LogP contribution in [0.2, 0.25) is 5.02 Å². The molecular weight excluding hydrogens is 440 g/mol. The van der Waals surface area contributed by atoms with Crippen LogP contribution in [0.25, 0.3) is 0 Å². The molecule has 31 heavy (non-hydrogen) atoms. The Balaban J connectivity index is 1.67. The molecule has 1 amide bonds. The lowest BCUT2D eigenvalue weighted by Gasteiger charge is -2.29. The minimum absolute atomic E-state index is 0.0699. The number of rotatable bonds is 6. The molecule has 0 radical (unpaired) electrons. The van der Waals surface area contributed by atoms with Crippen LogP contribution in [-0.4, -0.2) is 50.5 Å². The fourth-order valence-corrected chi connectivity index (χ4v) is 5.41. The van der Waals surface area contributed by atoms with Crippen molar-refractivity contribution < 1.29 is 22.7 Å². The number of halogens is 1. The van der Waals surface area contributed by atoms with Gasteiger partial charge in [-0.3, -0.25) is 4.79 Å². The molecule has 2 aliphatic rings. The maximum Gasteiger partial charge on any atom is 0.254 e. The predicted molar refractivity (Wildman–Crippen MR) is 117 cm³/mol. The van der Waals surface area contributed by atoms with Crippen molar-refractivity contribution in [2.75, 3.05) is 20.9 Å². The third-order valence-corrected chi connectivity index (χ3v) is 8.05. The van der Waals surface area contributed by atoms with Crippen LogP contribution >= 0.6 is 11.6 Å². The van der Waals surface area contributed by atoms with Gasteiger partial charge in [-0.15, -0.1) is 0 Å². The van der Waals surface area contributed by atoms with Crippen LogP contribution in [-0.2, 0) is 16.6 Å². The standard InChI is InChI=1S/C22H25ClN2O5S/c1-24(2)31(27,28)21-12-16(8-9-18(21)23)22(26)25(17-5-3-4-6-17)13-15-7-10-19-20(11-15)30-14-29-19/h7-12,17H,3-6,13-14H2,1-2H3. The van der Waals surface area contributed by atoms with Gasteiger partial charge >= 0.3 is 0 Å². The van der Waals surface area contributed by atoms with E-state index in [0.29, 0.717) is 23.6 Å². The molecule has 2 aromatic carbocycles. The molecule has 9 heteroatoms. The van der Waals surface area contributed by atoms with Crippen molar-refractivity contribution in [1.82, 2.24) is 9.21 Å². The molecule has 0 atom stereocenters. The number of ether oxygens (including phenoxy) is 2. The van der Waals surface area contributed by atoms with E-state index in [1.807, 2.05) is 23.1 Å². The molecule has 0 unspecified atom stereocenters. The third-order valence-electron chi connectivity index (χ3n) is 5.75. The van der Waals surface area contributed by atoms with Crippen molar-refractivity contribution in [2.45, 2.75) is 43.2 Å². The summed E-state index contributed by atoms with van der Waals surface area (Å²) in [6.07, 6.45) is 3.98. The highest BCUT2D eigenvalue weighted by atomic mass is 35.5. The van der Waals surface area contributed by atoms with Crippen LogP contribution in [0, 0.1) is 0 Å². The topological polar surface area (TPSA) is 76.2 Å². The van der Waals surface area contributed by atoms with Gasteiger partial charge in [0.1, 0.15) is 4.90 Å². The monoisotopic (exact) mass is 464 g/mol. The average molecular weight is 465 g/mol. The van der Waals surface area contributed by atoms with Crippen molar-refractivity contribution >= 4 is 27.5 Å². The number of benzene rings is 2. The zero-order valence-corrected chi connectivity index (χ0v) is 19.1. The van der Waals surface area contributed by atoms with Gasteiger partial charge in [0, 0.05) is 32.2 Å². The Morgan fingerprint density at radius 2 is 1.77 bits per heavy atom. The number of carbonyl (C=O) groups excluding carboxylic acids is 1. The molecule has 1 heterocycles. The normalized spacial score (nSPS) is 16.1. The van der Waals surface area contributed by atoms with Gasteiger partial charge in [-0.1, -0.05) is 30.5 Å². The zero-order valence-electron chi connectivity index (χ0n) is 17.5. The van der Waals surface area contributed by atoms with Crippen molar-refractivity contribution in [3.63, 3.8) is 0 Å². The Hall–Kier alpha value is -2.29. The number of hydrogen-bond acceptors (Lipinski definition) is 5. The second-order valence-electron chi connectivity index (χ2n) is 7.99.